The highest BCUT2D eigenvalue weighted by Gasteiger charge is 2.45. The molecule has 1 aliphatic rings. The van der Waals surface area contributed by atoms with Crippen LogP contribution in [0, 0.1) is 19.3 Å². The van der Waals surface area contributed by atoms with E-state index in [2.05, 4.69) is 16.0 Å². The predicted octanol–water partition coefficient (Wildman–Crippen LogP) is 5.55. The average molecular weight is 643 g/mol. The van der Waals surface area contributed by atoms with Gasteiger partial charge in [0.15, 0.2) is 0 Å². The van der Waals surface area contributed by atoms with Gasteiger partial charge in [-0.05, 0) is 82.5 Å². The summed E-state index contributed by atoms with van der Waals surface area (Å²) in [5.41, 5.74) is 4.08. The number of nitrogens with zero attached hydrogens (tertiary/aromatic N) is 5. The van der Waals surface area contributed by atoms with E-state index in [1.165, 1.54) is 0 Å². The minimum absolute atomic E-state index is 0. The van der Waals surface area contributed by atoms with Gasteiger partial charge in [0.2, 0.25) is 11.8 Å². The minimum Gasteiger partial charge on any atom is -0.461 e. The van der Waals surface area contributed by atoms with Gasteiger partial charge in [0.1, 0.15) is 16.8 Å². The van der Waals surface area contributed by atoms with Gasteiger partial charge in [0.05, 0.1) is 16.8 Å². The largest absolute Gasteiger partial charge is 0.461 e. The number of fused-ring (bicyclic) bond motifs is 2. The molecule has 3 aromatic heterocycles. The van der Waals surface area contributed by atoms with Gasteiger partial charge in [-0.1, -0.05) is 12.1 Å². The molecule has 11 heteroatoms. The molecule has 0 atom stereocenters. The summed E-state index contributed by atoms with van der Waals surface area (Å²) in [6.45, 7) is 12.3. The molecule has 1 aliphatic heterocycles. The first kappa shape index (κ1) is 34.8. The van der Waals surface area contributed by atoms with E-state index >= 15 is 0 Å². The molecule has 4 aromatic rings. The SMILES string of the molecule is CCN1C(=O)C(C)(C)C(=O)N(C)c2cc(CCN(CCn3ccc4oc(C)cc4c3=O)Cc3cccnc3C)ccc21.Cl.Cl. The van der Waals surface area contributed by atoms with Gasteiger partial charge < -0.3 is 18.8 Å². The Balaban J connectivity index is 0.00000264. The maximum absolute atomic E-state index is 13.3. The standard InChI is InChI=1S/C33H39N5O4.2ClH/c1-7-38-27-11-10-24(20-28(27)35(6)31(40)33(4,5)32(38)41)12-15-36(21-25-9-8-14-34-23(25)3)17-18-37-16-13-29-26(30(37)39)19-22(2)42-29;;/h8-11,13-14,16,19-20H,7,12,15,17-18,21H2,1-6H3;2*1H. The van der Waals surface area contributed by atoms with Gasteiger partial charge >= 0.3 is 0 Å². The van der Waals surface area contributed by atoms with Crippen LogP contribution in [0.4, 0.5) is 11.4 Å². The Kier molecular flexibility index (Phi) is 11.1. The van der Waals surface area contributed by atoms with Gasteiger partial charge in [0.25, 0.3) is 5.56 Å². The normalized spacial score (nSPS) is 14.3. The topological polar surface area (TPSA) is 91.9 Å². The first-order valence-corrected chi connectivity index (χ1v) is 14.5. The lowest BCUT2D eigenvalue weighted by Gasteiger charge is -2.27. The van der Waals surface area contributed by atoms with Crippen molar-refractivity contribution in [1.29, 1.82) is 0 Å². The van der Waals surface area contributed by atoms with E-state index in [-0.39, 0.29) is 42.2 Å². The number of pyridine rings is 2. The van der Waals surface area contributed by atoms with E-state index in [1.807, 2.05) is 51.1 Å². The van der Waals surface area contributed by atoms with Crippen molar-refractivity contribution in [2.24, 2.45) is 5.41 Å². The number of rotatable bonds is 9. The van der Waals surface area contributed by atoms with E-state index in [0.29, 0.717) is 37.1 Å². The van der Waals surface area contributed by atoms with Crippen molar-refractivity contribution in [2.45, 2.75) is 54.1 Å². The smallest absolute Gasteiger partial charge is 0.261 e. The average Bonchev–Trinajstić information content (AvgIpc) is 3.35. The maximum Gasteiger partial charge on any atom is 0.261 e. The third-order valence-electron chi connectivity index (χ3n) is 8.29. The number of carbonyl (C=O) groups excluding carboxylic acids is 2. The number of aryl methyl sites for hydroxylation is 2. The molecule has 5 rings (SSSR count). The lowest BCUT2D eigenvalue weighted by Crippen LogP contribution is -2.47. The summed E-state index contributed by atoms with van der Waals surface area (Å²) < 4.78 is 7.36. The number of anilines is 2. The Bertz CT molecular complexity index is 1710. The molecule has 0 N–H and O–H groups in total. The molecule has 0 unspecified atom stereocenters. The molecule has 0 bridgehead atoms. The van der Waals surface area contributed by atoms with Crippen molar-refractivity contribution in [3.05, 3.63) is 87.8 Å². The Morgan fingerprint density at radius 3 is 2.41 bits per heavy atom. The molecule has 1 aromatic carbocycles. The third-order valence-corrected chi connectivity index (χ3v) is 8.29. The van der Waals surface area contributed by atoms with E-state index in [9.17, 15) is 14.4 Å². The monoisotopic (exact) mass is 641 g/mol. The van der Waals surface area contributed by atoms with Crippen LogP contribution < -0.4 is 15.4 Å². The predicted molar refractivity (Wildman–Crippen MR) is 179 cm³/mol. The highest BCUT2D eigenvalue weighted by molar-refractivity contribution is 6.19. The van der Waals surface area contributed by atoms with Crippen LogP contribution in [-0.4, -0.2) is 52.9 Å². The molecule has 0 aliphatic carbocycles. The zero-order chi connectivity index (χ0) is 30.2. The highest BCUT2D eigenvalue weighted by atomic mass is 35.5. The van der Waals surface area contributed by atoms with Crippen molar-refractivity contribution in [3.8, 4) is 0 Å². The van der Waals surface area contributed by atoms with Crippen LogP contribution in [0.3, 0.4) is 0 Å². The van der Waals surface area contributed by atoms with Crippen LogP contribution >= 0.6 is 24.8 Å². The number of carbonyl (C=O) groups is 2. The lowest BCUT2D eigenvalue weighted by molar-refractivity contribution is -0.137. The van der Waals surface area contributed by atoms with E-state index in [0.717, 1.165) is 46.9 Å². The Morgan fingerprint density at radius 2 is 1.70 bits per heavy atom. The maximum atomic E-state index is 13.3. The lowest BCUT2D eigenvalue weighted by atomic mass is 9.90. The molecule has 44 heavy (non-hydrogen) atoms. The van der Waals surface area contributed by atoms with Crippen LogP contribution in [0.5, 0.6) is 0 Å². The number of halogens is 2. The fraction of sp³-hybridized carbons (Fsp3) is 0.394. The summed E-state index contributed by atoms with van der Waals surface area (Å²) in [5, 5.41) is 0.594. The fourth-order valence-corrected chi connectivity index (χ4v) is 5.71. The second kappa shape index (κ2) is 14.0. The zero-order valence-corrected chi connectivity index (χ0v) is 27.8. The van der Waals surface area contributed by atoms with Crippen molar-refractivity contribution in [1.82, 2.24) is 14.5 Å². The fourth-order valence-electron chi connectivity index (χ4n) is 5.71. The summed E-state index contributed by atoms with van der Waals surface area (Å²) in [5.74, 6) is 0.313. The van der Waals surface area contributed by atoms with Crippen LogP contribution in [-0.2, 0) is 29.1 Å². The Labute approximate surface area is 270 Å². The number of benzene rings is 1. The molecule has 0 saturated heterocycles. The van der Waals surface area contributed by atoms with Gasteiger partial charge in [-0.15, -0.1) is 24.8 Å². The summed E-state index contributed by atoms with van der Waals surface area (Å²) in [6.07, 6.45) is 4.32. The molecule has 9 nitrogen and oxygen atoms in total. The summed E-state index contributed by atoms with van der Waals surface area (Å²) >= 11 is 0. The molecule has 0 radical (unpaired) electrons. The molecule has 0 saturated carbocycles. The first-order chi connectivity index (χ1) is 20.0. The van der Waals surface area contributed by atoms with E-state index in [4.69, 9.17) is 4.42 Å². The van der Waals surface area contributed by atoms with Crippen LogP contribution in [0.15, 0.2) is 64.1 Å². The van der Waals surface area contributed by atoms with Crippen molar-refractivity contribution < 1.29 is 14.0 Å². The minimum atomic E-state index is -1.14. The first-order valence-electron chi connectivity index (χ1n) is 14.5. The van der Waals surface area contributed by atoms with Gasteiger partial charge in [-0.25, -0.2) is 0 Å². The van der Waals surface area contributed by atoms with E-state index < -0.39 is 5.41 Å². The third kappa shape index (κ3) is 6.70. The van der Waals surface area contributed by atoms with Gasteiger partial charge in [0, 0.05) is 57.9 Å². The summed E-state index contributed by atoms with van der Waals surface area (Å²) in [6, 6.07) is 13.7. The van der Waals surface area contributed by atoms with Crippen LogP contribution in [0.25, 0.3) is 11.0 Å². The number of aromatic nitrogens is 2. The van der Waals surface area contributed by atoms with Crippen LogP contribution in [0.2, 0.25) is 0 Å². The molecular weight excluding hydrogens is 601 g/mol. The molecule has 2 amide bonds. The molecule has 0 fully saturated rings. The zero-order valence-electron chi connectivity index (χ0n) is 26.1. The molecular formula is C33H41Cl2N5O4. The molecule has 0 spiro atoms. The second-order valence-electron chi connectivity index (χ2n) is 11.6. The van der Waals surface area contributed by atoms with Gasteiger partial charge in [-0.2, -0.15) is 0 Å². The van der Waals surface area contributed by atoms with Crippen molar-refractivity contribution >= 4 is 59.0 Å². The number of furan rings is 1. The second-order valence-corrected chi connectivity index (χ2v) is 11.6. The molecule has 236 valence electrons. The Morgan fingerprint density at radius 1 is 0.955 bits per heavy atom. The van der Waals surface area contributed by atoms with Crippen LogP contribution in [0.1, 0.15) is 43.4 Å². The Hall–Kier alpha value is -3.66. The summed E-state index contributed by atoms with van der Waals surface area (Å²) in [7, 11) is 1.74. The van der Waals surface area contributed by atoms with Crippen molar-refractivity contribution in [3.63, 3.8) is 0 Å². The van der Waals surface area contributed by atoms with E-state index in [1.54, 1.807) is 53.7 Å². The number of hydrogen-bond donors (Lipinski definition) is 0. The molecule has 4 heterocycles. The number of amides is 2. The quantitative estimate of drug-likeness (QED) is 0.223. The number of hydrogen-bond acceptors (Lipinski definition) is 6. The summed E-state index contributed by atoms with van der Waals surface area (Å²) in [4.78, 5) is 49.7. The van der Waals surface area contributed by atoms with Gasteiger partial charge in [-0.3, -0.25) is 24.3 Å². The van der Waals surface area contributed by atoms with Crippen molar-refractivity contribution in [2.75, 3.05) is 36.5 Å². The highest BCUT2D eigenvalue weighted by Crippen LogP contribution is 2.38.